The molecule has 126 valence electrons. The monoisotopic (exact) mass is 352 g/mol. The molecular formula is C19H17ClN4O. The molecule has 5 nitrogen and oxygen atoms in total. The van der Waals surface area contributed by atoms with Gasteiger partial charge in [0.2, 0.25) is 5.95 Å². The zero-order chi connectivity index (χ0) is 17.5. The molecule has 0 atom stereocenters. The Morgan fingerprint density at radius 1 is 0.920 bits per heavy atom. The number of nitrogens with zero attached hydrogens (tertiary/aromatic N) is 2. The molecule has 0 aliphatic carbocycles. The molecule has 1 heterocycles. The van der Waals surface area contributed by atoms with Crippen molar-refractivity contribution >= 4 is 23.5 Å². The first kappa shape index (κ1) is 16.9. The van der Waals surface area contributed by atoms with Crippen molar-refractivity contribution in [2.24, 2.45) is 0 Å². The fourth-order valence-electron chi connectivity index (χ4n) is 2.23. The SMILES string of the molecule is O=C(NCc1ccccc1Cl)c1cnc(NCc2ccccc2)nc1. The standard InChI is InChI=1S/C19H17ClN4O/c20-17-9-5-4-8-15(17)11-21-18(25)16-12-23-19(24-13-16)22-10-14-6-2-1-3-7-14/h1-9,12-13H,10-11H2,(H,21,25)(H,22,23,24). The molecule has 3 aromatic rings. The van der Waals surface area contributed by atoms with E-state index in [1.807, 2.05) is 48.5 Å². The van der Waals surface area contributed by atoms with Gasteiger partial charge in [-0.05, 0) is 17.2 Å². The van der Waals surface area contributed by atoms with E-state index in [9.17, 15) is 4.79 Å². The molecule has 6 heteroatoms. The van der Waals surface area contributed by atoms with Gasteiger partial charge in [0.25, 0.3) is 5.91 Å². The average Bonchev–Trinajstić information content (AvgIpc) is 2.67. The van der Waals surface area contributed by atoms with E-state index in [1.54, 1.807) is 6.07 Å². The van der Waals surface area contributed by atoms with Gasteiger partial charge in [0.15, 0.2) is 0 Å². The van der Waals surface area contributed by atoms with E-state index in [2.05, 4.69) is 20.6 Å². The second kappa shape index (κ2) is 8.26. The van der Waals surface area contributed by atoms with E-state index < -0.39 is 0 Å². The third-order valence-corrected chi connectivity index (χ3v) is 3.97. The van der Waals surface area contributed by atoms with Crippen LogP contribution >= 0.6 is 11.6 Å². The van der Waals surface area contributed by atoms with Gasteiger partial charge in [-0.25, -0.2) is 9.97 Å². The smallest absolute Gasteiger partial charge is 0.254 e. The number of benzene rings is 2. The molecule has 3 rings (SSSR count). The summed E-state index contributed by atoms with van der Waals surface area (Å²) in [5.74, 6) is 0.237. The maximum atomic E-state index is 12.2. The second-order valence-electron chi connectivity index (χ2n) is 5.41. The number of nitrogens with one attached hydrogen (secondary N) is 2. The number of amides is 1. The van der Waals surface area contributed by atoms with Crippen molar-refractivity contribution in [2.75, 3.05) is 5.32 Å². The summed E-state index contributed by atoms with van der Waals surface area (Å²) >= 11 is 6.08. The number of hydrogen-bond acceptors (Lipinski definition) is 4. The van der Waals surface area contributed by atoms with Gasteiger partial charge in [0.1, 0.15) is 0 Å². The fourth-order valence-corrected chi connectivity index (χ4v) is 2.44. The van der Waals surface area contributed by atoms with Crippen LogP contribution in [0.2, 0.25) is 5.02 Å². The Morgan fingerprint density at radius 3 is 2.32 bits per heavy atom. The summed E-state index contributed by atoms with van der Waals surface area (Å²) in [5.41, 5.74) is 2.39. The maximum Gasteiger partial charge on any atom is 0.254 e. The largest absolute Gasteiger partial charge is 0.350 e. The Bertz CT molecular complexity index is 838. The van der Waals surface area contributed by atoms with E-state index in [4.69, 9.17) is 11.6 Å². The lowest BCUT2D eigenvalue weighted by atomic mass is 10.2. The van der Waals surface area contributed by atoms with Crippen LogP contribution in [-0.4, -0.2) is 15.9 Å². The molecule has 2 N–H and O–H groups in total. The average molecular weight is 353 g/mol. The lowest BCUT2D eigenvalue weighted by molar-refractivity contribution is 0.0950. The van der Waals surface area contributed by atoms with Crippen LogP contribution in [0.4, 0.5) is 5.95 Å². The second-order valence-corrected chi connectivity index (χ2v) is 5.82. The molecule has 0 bridgehead atoms. The Labute approximate surface area is 151 Å². The van der Waals surface area contributed by atoms with Gasteiger partial charge >= 0.3 is 0 Å². The van der Waals surface area contributed by atoms with Gasteiger partial charge in [-0.2, -0.15) is 0 Å². The molecule has 0 radical (unpaired) electrons. The molecule has 0 aliphatic rings. The maximum absolute atomic E-state index is 12.2. The van der Waals surface area contributed by atoms with Gasteiger partial charge in [-0.15, -0.1) is 0 Å². The number of halogens is 1. The summed E-state index contributed by atoms with van der Waals surface area (Å²) in [6.07, 6.45) is 3.00. The van der Waals surface area contributed by atoms with Crippen LogP contribution in [0.25, 0.3) is 0 Å². The first-order chi connectivity index (χ1) is 12.2. The lowest BCUT2D eigenvalue weighted by Crippen LogP contribution is -2.23. The Morgan fingerprint density at radius 2 is 1.60 bits per heavy atom. The van der Waals surface area contributed by atoms with Gasteiger partial charge in [-0.1, -0.05) is 60.1 Å². The van der Waals surface area contributed by atoms with Crippen LogP contribution in [0.1, 0.15) is 21.5 Å². The Hall–Kier alpha value is -2.92. The number of anilines is 1. The third kappa shape index (κ3) is 4.78. The normalized spacial score (nSPS) is 10.3. The van der Waals surface area contributed by atoms with Crippen molar-refractivity contribution in [1.29, 1.82) is 0 Å². The first-order valence-electron chi connectivity index (χ1n) is 7.84. The van der Waals surface area contributed by atoms with E-state index in [-0.39, 0.29) is 5.91 Å². The van der Waals surface area contributed by atoms with Crippen molar-refractivity contribution in [3.8, 4) is 0 Å². The highest BCUT2D eigenvalue weighted by Gasteiger charge is 2.08. The molecule has 0 unspecified atom stereocenters. The summed E-state index contributed by atoms with van der Waals surface area (Å²) in [6, 6.07) is 17.3. The number of rotatable bonds is 6. The van der Waals surface area contributed by atoms with Gasteiger partial charge in [-0.3, -0.25) is 4.79 Å². The lowest BCUT2D eigenvalue weighted by Gasteiger charge is -2.08. The van der Waals surface area contributed by atoms with Crippen molar-refractivity contribution in [3.05, 3.63) is 88.7 Å². The van der Waals surface area contributed by atoms with Crippen LogP contribution in [0, 0.1) is 0 Å². The summed E-state index contributed by atoms with van der Waals surface area (Å²) < 4.78 is 0. The molecule has 0 fully saturated rings. The quantitative estimate of drug-likeness (QED) is 0.710. The highest BCUT2D eigenvalue weighted by atomic mass is 35.5. The van der Waals surface area contributed by atoms with Gasteiger partial charge in [0, 0.05) is 30.5 Å². The van der Waals surface area contributed by atoms with Crippen LogP contribution in [0.3, 0.4) is 0 Å². The van der Waals surface area contributed by atoms with Crippen molar-refractivity contribution < 1.29 is 4.79 Å². The van der Waals surface area contributed by atoms with E-state index >= 15 is 0 Å². The highest BCUT2D eigenvalue weighted by molar-refractivity contribution is 6.31. The Balaban J connectivity index is 1.54. The zero-order valence-electron chi connectivity index (χ0n) is 13.4. The third-order valence-electron chi connectivity index (χ3n) is 3.60. The Kier molecular flexibility index (Phi) is 5.59. The minimum absolute atomic E-state index is 0.241. The number of aromatic nitrogens is 2. The van der Waals surface area contributed by atoms with Crippen LogP contribution in [-0.2, 0) is 13.1 Å². The van der Waals surface area contributed by atoms with E-state index in [0.29, 0.717) is 29.6 Å². The van der Waals surface area contributed by atoms with Crippen LogP contribution in [0.15, 0.2) is 67.0 Å². The summed E-state index contributed by atoms with van der Waals surface area (Å²) in [6.45, 7) is 0.978. The molecule has 1 amide bonds. The zero-order valence-corrected chi connectivity index (χ0v) is 14.2. The van der Waals surface area contributed by atoms with Crippen molar-refractivity contribution in [2.45, 2.75) is 13.1 Å². The number of carbonyl (C=O) groups is 1. The minimum atomic E-state index is -0.241. The molecule has 0 spiro atoms. The summed E-state index contributed by atoms with van der Waals surface area (Å²) in [4.78, 5) is 20.5. The molecule has 0 aliphatic heterocycles. The predicted octanol–water partition coefficient (Wildman–Crippen LogP) is 3.67. The molecular weight excluding hydrogens is 336 g/mol. The molecule has 0 saturated heterocycles. The summed E-state index contributed by atoms with van der Waals surface area (Å²) in [5, 5.41) is 6.56. The van der Waals surface area contributed by atoms with Crippen LogP contribution < -0.4 is 10.6 Å². The highest BCUT2D eigenvalue weighted by Crippen LogP contribution is 2.14. The number of hydrogen-bond donors (Lipinski definition) is 2. The molecule has 25 heavy (non-hydrogen) atoms. The molecule has 1 aromatic heterocycles. The topological polar surface area (TPSA) is 66.9 Å². The first-order valence-corrected chi connectivity index (χ1v) is 8.21. The predicted molar refractivity (Wildman–Crippen MR) is 98.4 cm³/mol. The molecule has 2 aromatic carbocycles. The fraction of sp³-hybridized carbons (Fsp3) is 0.105. The molecule has 0 saturated carbocycles. The van der Waals surface area contributed by atoms with Crippen LogP contribution in [0.5, 0.6) is 0 Å². The van der Waals surface area contributed by atoms with E-state index in [1.165, 1.54) is 12.4 Å². The number of carbonyl (C=O) groups excluding carboxylic acids is 1. The van der Waals surface area contributed by atoms with Crippen molar-refractivity contribution in [1.82, 2.24) is 15.3 Å². The minimum Gasteiger partial charge on any atom is -0.350 e. The summed E-state index contributed by atoms with van der Waals surface area (Å²) in [7, 11) is 0. The van der Waals surface area contributed by atoms with Gasteiger partial charge < -0.3 is 10.6 Å². The van der Waals surface area contributed by atoms with Crippen molar-refractivity contribution in [3.63, 3.8) is 0 Å². The van der Waals surface area contributed by atoms with Gasteiger partial charge in [0.05, 0.1) is 5.56 Å². The van der Waals surface area contributed by atoms with E-state index in [0.717, 1.165) is 11.1 Å².